The van der Waals surface area contributed by atoms with E-state index in [0.29, 0.717) is 25.7 Å². The Labute approximate surface area is 194 Å². The summed E-state index contributed by atoms with van der Waals surface area (Å²) in [5.74, 6) is 4.40. The van der Waals surface area contributed by atoms with Gasteiger partial charge in [-0.05, 0) is 55.9 Å². The molecule has 3 rings (SSSR count). The number of aromatic hydroxyl groups is 1. The van der Waals surface area contributed by atoms with Crippen LogP contribution in [0.25, 0.3) is 0 Å². The molecular weight excluding hydrogens is 416 g/mol. The van der Waals surface area contributed by atoms with Crippen molar-refractivity contribution in [2.24, 2.45) is 0 Å². The van der Waals surface area contributed by atoms with E-state index in [4.69, 9.17) is 0 Å². The van der Waals surface area contributed by atoms with Gasteiger partial charge in [0.15, 0.2) is 0 Å². The Bertz CT molecular complexity index is 1080. The average molecular weight is 445 g/mol. The van der Waals surface area contributed by atoms with Crippen LogP contribution in [-0.2, 0) is 11.2 Å². The fourth-order valence-corrected chi connectivity index (χ4v) is 3.61. The van der Waals surface area contributed by atoms with E-state index in [9.17, 15) is 19.8 Å². The van der Waals surface area contributed by atoms with Crippen LogP contribution in [-0.4, -0.2) is 34.2 Å². The van der Waals surface area contributed by atoms with Crippen molar-refractivity contribution in [1.29, 1.82) is 0 Å². The highest BCUT2D eigenvalue weighted by atomic mass is 16.3. The van der Waals surface area contributed by atoms with E-state index in [1.807, 2.05) is 48.6 Å². The first kappa shape index (κ1) is 23.8. The Kier molecular flexibility index (Phi) is 8.87. The number of aliphatic hydroxyl groups is 1. The predicted octanol–water partition coefficient (Wildman–Crippen LogP) is 3.21. The van der Waals surface area contributed by atoms with Gasteiger partial charge in [0.25, 0.3) is 11.8 Å². The SMILES string of the molecule is O=C(C#Cc1ccccc1)N/C=C/C[C@H]1C[C@@H](O)CC/C=C/Cc2cccc(O)c2C(=O)N1. The van der Waals surface area contributed by atoms with Crippen molar-refractivity contribution in [3.63, 3.8) is 0 Å². The van der Waals surface area contributed by atoms with Gasteiger partial charge < -0.3 is 20.8 Å². The van der Waals surface area contributed by atoms with Crippen LogP contribution in [0.3, 0.4) is 0 Å². The van der Waals surface area contributed by atoms with Gasteiger partial charge in [0.1, 0.15) is 5.75 Å². The largest absolute Gasteiger partial charge is 0.507 e. The second-order valence-electron chi connectivity index (χ2n) is 7.85. The van der Waals surface area contributed by atoms with Crippen LogP contribution in [0.2, 0.25) is 0 Å². The van der Waals surface area contributed by atoms with Crippen molar-refractivity contribution in [1.82, 2.24) is 10.6 Å². The Morgan fingerprint density at radius 1 is 1.15 bits per heavy atom. The van der Waals surface area contributed by atoms with E-state index in [1.165, 1.54) is 12.3 Å². The van der Waals surface area contributed by atoms with Crippen molar-refractivity contribution < 1.29 is 19.8 Å². The van der Waals surface area contributed by atoms with E-state index in [0.717, 1.165) is 17.5 Å². The Balaban J connectivity index is 1.65. The first-order chi connectivity index (χ1) is 16.0. The van der Waals surface area contributed by atoms with Crippen molar-refractivity contribution in [3.05, 3.63) is 89.6 Å². The molecule has 0 aliphatic carbocycles. The third-order valence-electron chi connectivity index (χ3n) is 5.27. The molecule has 4 N–H and O–H groups in total. The van der Waals surface area contributed by atoms with Crippen LogP contribution in [0.5, 0.6) is 5.75 Å². The maximum Gasteiger partial charge on any atom is 0.300 e. The van der Waals surface area contributed by atoms with Crippen LogP contribution in [0, 0.1) is 11.8 Å². The zero-order valence-electron chi connectivity index (χ0n) is 18.3. The summed E-state index contributed by atoms with van der Waals surface area (Å²) in [7, 11) is 0. The number of benzene rings is 2. The molecule has 1 aliphatic rings. The molecule has 0 bridgehead atoms. The van der Waals surface area contributed by atoms with Crippen molar-refractivity contribution in [2.45, 2.75) is 44.2 Å². The van der Waals surface area contributed by atoms with E-state index >= 15 is 0 Å². The minimum atomic E-state index is -0.581. The summed E-state index contributed by atoms with van der Waals surface area (Å²) in [5.41, 5.74) is 1.74. The van der Waals surface area contributed by atoms with Crippen LogP contribution in [0.15, 0.2) is 73.0 Å². The second-order valence-corrected chi connectivity index (χ2v) is 7.85. The van der Waals surface area contributed by atoms with Crippen LogP contribution >= 0.6 is 0 Å². The van der Waals surface area contributed by atoms with E-state index in [2.05, 4.69) is 22.5 Å². The number of amides is 2. The van der Waals surface area contributed by atoms with Gasteiger partial charge in [-0.1, -0.05) is 54.5 Å². The normalized spacial score (nSPS) is 19.7. The molecule has 170 valence electrons. The highest BCUT2D eigenvalue weighted by Crippen LogP contribution is 2.23. The van der Waals surface area contributed by atoms with Crippen LogP contribution < -0.4 is 10.6 Å². The van der Waals surface area contributed by atoms with Gasteiger partial charge in [0.2, 0.25) is 0 Å². The molecule has 0 unspecified atom stereocenters. The van der Waals surface area contributed by atoms with Gasteiger partial charge in [-0.3, -0.25) is 9.59 Å². The van der Waals surface area contributed by atoms with Crippen molar-refractivity contribution in [2.75, 3.05) is 0 Å². The summed E-state index contributed by atoms with van der Waals surface area (Å²) in [6.45, 7) is 0. The number of carbonyl (C=O) groups excluding carboxylic acids is 2. The zero-order valence-corrected chi connectivity index (χ0v) is 18.3. The van der Waals surface area contributed by atoms with Gasteiger partial charge in [-0.2, -0.15) is 0 Å². The first-order valence-electron chi connectivity index (χ1n) is 11.0. The molecule has 6 nitrogen and oxygen atoms in total. The highest BCUT2D eigenvalue weighted by molar-refractivity contribution is 5.98. The molecule has 6 heteroatoms. The lowest BCUT2D eigenvalue weighted by Crippen LogP contribution is -2.37. The molecular formula is C27H28N2O4. The number of fused-ring (bicyclic) bond motifs is 1. The van der Waals surface area contributed by atoms with Crippen LogP contribution in [0.1, 0.15) is 47.2 Å². The lowest BCUT2D eigenvalue weighted by Gasteiger charge is -2.22. The molecule has 0 spiro atoms. The standard InChI is InChI=1S/C27H28N2O4/c30-23-14-6-2-5-11-21-12-7-15-24(31)26(21)27(33)29-22(19-23)13-8-18-28-25(32)17-16-20-9-3-1-4-10-20/h1-5,7-10,12,15,18,22-23,30-31H,6,11,13-14,19H2,(H,28,32)(H,29,33)/b5-2+,18-8+/t22-,23-/m0/s1. The number of nitrogens with one attached hydrogen (secondary N) is 2. The van der Waals surface area contributed by atoms with E-state index in [1.54, 1.807) is 12.1 Å². The number of carbonyl (C=O) groups is 2. The number of aliphatic hydroxyl groups excluding tert-OH is 1. The Morgan fingerprint density at radius 2 is 1.97 bits per heavy atom. The highest BCUT2D eigenvalue weighted by Gasteiger charge is 2.21. The number of phenols is 1. The molecule has 0 saturated heterocycles. The lowest BCUT2D eigenvalue weighted by molar-refractivity contribution is -0.114. The predicted molar refractivity (Wildman–Crippen MR) is 127 cm³/mol. The average Bonchev–Trinajstić information content (AvgIpc) is 2.80. The second kappa shape index (κ2) is 12.3. The molecule has 1 heterocycles. The molecule has 2 atom stereocenters. The summed E-state index contributed by atoms with van der Waals surface area (Å²) >= 11 is 0. The molecule has 0 saturated carbocycles. The topological polar surface area (TPSA) is 98.7 Å². The molecule has 0 aromatic heterocycles. The summed E-state index contributed by atoms with van der Waals surface area (Å²) < 4.78 is 0. The van der Waals surface area contributed by atoms with Crippen molar-refractivity contribution in [3.8, 4) is 17.6 Å². The zero-order chi connectivity index (χ0) is 23.5. The van der Waals surface area contributed by atoms with Gasteiger partial charge in [0, 0.05) is 23.7 Å². The third kappa shape index (κ3) is 7.67. The number of allylic oxidation sites excluding steroid dienone is 2. The fraction of sp³-hybridized carbons (Fsp3) is 0.259. The number of phenolic OH excluding ortho intramolecular Hbond substituents is 1. The summed E-state index contributed by atoms with van der Waals surface area (Å²) in [4.78, 5) is 24.9. The molecule has 2 amide bonds. The van der Waals surface area contributed by atoms with Gasteiger partial charge in [0.05, 0.1) is 11.7 Å². The molecule has 2 aromatic rings. The van der Waals surface area contributed by atoms with Crippen molar-refractivity contribution >= 4 is 11.8 Å². The smallest absolute Gasteiger partial charge is 0.300 e. The fourth-order valence-electron chi connectivity index (χ4n) is 3.61. The minimum Gasteiger partial charge on any atom is -0.507 e. The maximum atomic E-state index is 12.9. The monoisotopic (exact) mass is 444 g/mol. The maximum absolute atomic E-state index is 12.9. The molecule has 33 heavy (non-hydrogen) atoms. The summed E-state index contributed by atoms with van der Waals surface area (Å²) in [6.07, 6.45) is 9.15. The molecule has 1 aliphatic heterocycles. The molecule has 0 radical (unpaired) electrons. The third-order valence-corrected chi connectivity index (χ3v) is 5.27. The van der Waals surface area contributed by atoms with E-state index < -0.39 is 12.0 Å². The molecule has 0 fully saturated rings. The Hall–Kier alpha value is -3.82. The summed E-state index contributed by atoms with van der Waals surface area (Å²) in [5, 5.41) is 26.2. The van der Waals surface area contributed by atoms with Crippen LogP contribution in [0.4, 0.5) is 0 Å². The van der Waals surface area contributed by atoms with E-state index in [-0.39, 0.29) is 23.3 Å². The number of hydrogen-bond acceptors (Lipinski definition) is 4. The minimum absolute atomic E-state index is 0.0745. The van der Waals surface area contributed by atoms with Gasteiger partial charge in [-0.15, -0.1) is 0 Å². The molecule has 2 aromatic carbocycles. The lowest BCUT2D eigenvalue weighted by atomic mass is 9.98. The quantitative estimate of drug-likeness (QED) is 0.432. The number of hydrogen-bond donors (Lipinski definition) is 4. The summed E-state index contributed by atoms with van der Waals surface area (Å²) in [6, 6.07) is 13.9. The van der Waals surface area contributed by atoms with Gasteiger partial charge >= 0.3 is 0 Å². The first-order valence-corrected chi connectivity index (χ1v) is 11.0. The number of rotatable bonds is 3. The van der Waals surface area contributed by atoms with Gasteiger partial charge in [-0.25, -0.2) is 0 Å². The Morgan fingerprint density at radius 3 is 2.79 bits per heavy atom.